The molecule has 3 heterocycles. The second-order valence-corrected chi connectivity index (χ2v) is 8.77. The van der Waals surface area contributed by atoms with Gasteiger partial charge in [-0.25, -0.2) is 0 Å². The number of carbonyl (C=O) groups is 2. The number of para-hydroxylation sites is 1. The summed E-state index contributed by atoms with van der Waals surface area (Å²) in [5.74, 6) is -0.247. The molecule has 2 aliphatic heterocycles. The molecule has 0 spiro atoms. The maximum atomic E-state index is 13.4. The largest absolute Gasteiger partial charge is 0.356 e. The predicted molar refractivity (Wildman–Crippen MR) is 124 cm³/mol. The van der Waals surface area contributed by atoms with Gasteiger partial charge in [-0.15, -0.1) is 0 Å². The van der Waals surface area contributed by atoms with Gasteiger partial charge in [0.1, 0.15) is 6.04 Å². The van der Waals surface area contributed by atoms with Gasteiger partial charge in [0, 0.05) is 40.1 Å². The van der Waals surface area contributed by atoms with Crippen LogP contribution in [0.5, 0.6) is 0 Å². The monoisotopic (exact) mass is 441 g/mol. The van der Waals surface area contributed by atoms with Crippen LogP contribution in [-0.4, -0.2) is 27.7 Å². The zero-order chi connectivity index (χ0) is 21.8. The number of aromatic nitrogens is 1. The van der Waals surface area contributed by atoms with E-state index in [0.717, 1.165) is 33.3 Å². The fourth-order valence-corrected chi connectivity index (χ4v) is 5.17. The van der Waals surface area contributed by atoms with Gasteiger partial charge in [-0.3, -0.25) is 9.59 Å². The van der Waals surface area contributed by atoms with E-state index in [-0.39, 0.29) is 17.9 Å². The van der Waals surface area contributed by atoms with Crippen molar-refractivity contribution in [2.75, 3.05) is 0 Å². The Hall–Kier alpha value is -3.57. The maximum absolute atomic E-state index is 13.4. The number of hydrogen-bond donors (Lipinski definition) is 2. The topological polar surface area (TPSA) is 65.2 Å². The number of nitrogens with one attached hydrogen (secondary N) is 2. The molecule has 1 aromatic heterocycles. The van der Waals surface area contributed by atoms with Crippen LogP contribution < -0.4 is 5.32 Å². The number of aromatic amines is 1. The second-order valence-electron chi connectivity index (χ2n) is 8.33. The Balaban J connectivity index is 1.41. The van der Waals surface area contributed by atoms with Gasteiger partial charge < -0.3 is 15.2 Å². The molecule has 2 N–H and O–H groups in total. The predicted octanol–water partition coefficient (Wildman–Crippen LogP) is 4.61. The number of H-pyrrole nitrogens is 1. The summed E-state index contributed by atoms with van der Waals surface area (Å²) in [5, 5.41) is 4.79. The van der Waals surface area contributed by atoms with E-state index < -0.39 is 6.04 Å². The Bertz CT molecular complexity index is 1380. The molecule has 2 aliphatic rings. The SMILES string of the molecule is O=C(NCc1ccc(Cl)cc1)[C@@H]1Cc2c([nH]c3ccccc23)[C@H]2c3ccccc3C(=O)N21. The van der Waals surface area contributed by atoms with Gasteiger partial charge in [0.05, 0.1) is 6.04 Å². The molecule has 3 aromatic carbocycles. The van der Waals surface area contributed by atoms with Crippen LogP contribution in [-0.2, 0) is 17.8 Å². The number of rotatable bonds is 3. The Labute approximate surface area is 190 Å². The number of benzene rings is 3. The third-order valence-corrected chi connectivity index (χ3v) is 6.79. The van der Waals surface area contributed by atoms with Gasteiger partial charge >= 0.3 is 0 Å². The summed E-state index contributed by atoms with van der Waals surface area (Å²) >= 11 is 5.97. The highest BCUT2D eigenvalue weighted by Gasteiger charge is 2.48. The first kappa shape index (κ1) is 19.1. The molecule has 4 aromatic rings. The van der Waals surface area contributed by atoms with E-state index in [1.807, 2.05) is 54.6 Å². The molecule has 0 aliphatic carbocycles. The van der Waals surface area contributed by atoms with E-state index >= 15 is 0 Å². The molecule has 2 atom stereocenters. The average molecular weight is 442 g/mol. The zero-order valence-electron chi connectivity index (χ0n) is 17.1. The maximum Gasteiger partial charge on any atom is 0.255 e. The van der Waals surface area contributed by atoms with Crippen molar-refractivity contribution in [3.8, 4) is 0 Å². The molecule has 0 unspecified atom stereocenters. The van der Waals surface area contributed by atoms with E-state index in [4.69, 9.17) is 11.6 Å². The molecule has 0 radical (unpaired) electrons. The lowest BCUT2D eigenvalue weighted by Crippen LogP contribution is -2.52. The third-order valence-electron chi connectivity index (χ3n) is 6.53. The lowest BCUT2D eigenvalue weighted by atomic mass is 9.90. The van der Waals surface area contributed by atoms with Crippen molar-refractivity contribution in [3.05, 3.63) is 106 Å². The standard InChI is InChI=1S/C26H20ClN3O2/c27-16-11-9-15(10-12-16)14-28-25(31)22-13-20-17-5-3-4-8-21(17)29-23(20)24-18-6-1-2-7-19(18)26(32)30(22)24/h1-12,22,24,29H,13-14H2,(H,28,31)/t22-,24+/m0/s1. The van der Waals surface area contributed by atoms with Crippen LogP contribution in [0.25, 0.3) is 10.9 Å². The summed E-state index contributed by atoms with van der Waals surface area (Å²) in [5.41, 5.74) is 5.71. The minimum absolute atomic E-state index is 0.0958. The minimum atomic E-state index is -0.584. The van der Waals surface area contributed by atoms with Crippen molar-refractivity contribution < 1.29 is 9.59 Å². The van der Waals surface area contributed by atoms with E-state index in [1.165, 1.54) is 0 Å². The van der Waals surface area contributed by atoms with Crippen LogP contribution in [0.1, 0.15) is 38.8 Å². The highest BCUT2D eigenvalue weighted by molar-refractivity contribution is 6.30. The summed E-state index contributed by atoms with van der Waals surface area (Å²) in [4.78, 5) is 32.1. The minimum Gasteiger partial charge on any atom is -0.356 e. The van der Waals surface area contributed by atoms with E-state index in [1.54, 1.807) is 17.0 Å². The number of fused-ring (bicyclic) bond motifs is 7. The Morgan fingerprint density at radius 1 is 1.03 bits per heavy atom. The van der Waals surface area contributed by atoms with Crippen molar-refractivity contribution in [1.82, 2.24) is 15.2 Å². The Morgan fingerprint density at radius 2 is 1.78 bits per heavy atom. The Kier molecular flexibility index (Phi) is 4.33. The van der Waals surface area contributed by atoms with Gasteiger partial charge in [0.15, 0.2) is 0 Å². The lowest BCUT2D eigenvalue weighted by molar-refractivity contribution is -0.126. The summed E-state index contributed by atoms with van der Waals surface area (Å²) in [6.07, 6.45) is 0.474. The summed E-state index contributed by atoms with van der Waals surface area (Å²) < 4.78 is 0. The lowest BCUT2D eigenvalue weighted by Gasteiger charge is -2.37. The Morgan fingerprint density at radius 3 is 2.62 bits per heavy atom. The van der Waals surface area contributed by atoms with Gasteiger partial charge in [-0.2, -0.15) is 0 Å². The molecule has 6 heteroatoms. The van der Waals surface area contributed by atoms with Crippen LogP contribution in [0.3, 0.4) is 0 Å². The average Bonchev–Trinajstić information content (AvgIpc) is 3.34. The fraction of sp³-hybridized carbons (Fsp3) is 0.154. The zero-order valence-corrected chi connectivity index (χ0v) is 17.9. The van der Waals surface area contributed by atoms with Crippen molar-refractivity contribution >= 4 is 34.3 Å². The van der Waals surface area contributed by atoms with E-state index in [9.17, 15) is 9.59 Å². The molecule has 6 rings (SSSR count). The van der Waals surface area contributed by atoms with Gasteiger partial charge in [-0.05, 0) is 41.0 Å². The molecule has 0 saturated heterocycles. The molecule has 0 fully saturated rings. The van der Waals surface area contributed by atoms with Gasteiger partial charge in [0.2, 0.25) is 5.91 Å². The van der Waals surface area contributed by atoms with Crippen LogP contribution in [0.4, 0.5) is 0 Å². The third kappa shape index (κ3) is 2.85. The van der Waals surface area contributed by atoms with Gasteiger partial charge in [-0.1, -0.05) is 60.1 Å². The normalized spacial score (nSPS) is 18.9. The second kappa shape index (κ2) is 7.24. The quantitative estimate of drug-likeness (QED) is 0.487. The van der Waals surface area contributed by atoms with Crippen LogP contribution in [0.15, 0.2) is 72.8 Å². The number of carbonyl (C=O) groups excluding carboxylic acids is 2. The molecular weight excluding hydrogens is 422 g/mol. The number of nitrogens with zero attached hydrogens (tertiary/aromatic N) is 1. The first-order valence-electron chi connectivity index (χ1n) is 10.6. The molecule has 0 bridgehead atoms. The van der Waals surface area contributed by atoms with Crippen molar-refractivity contribution in [1.29, 1.82) is 0 Å². The summed E-state index contributed by atoms with van der Waals surface area (Å²) in [7, 11) is 0. The molecule has 32 heavy (non-hydrogen) atoms. The van der Waals surface area contributed by atoms with Crippen molar-refractivity contribution in [3.63, 3.8) is 0 Å². The van der Waals surface area contributed by atoms with Gasteiger partial charge in [0.25, 0.3) is 5.91 Å². The number of hydrogen-bond acceptors (Lipinski definition) is 2. The molecule has 0 saturated carbocycles. The molecular formula is C26H20ClN3O2. The van der Waals surface area contributed by atoms with E-state index in [2.05, 4.69) is 16.4 Å². The summed E-state index contributed by atoms with van der Waals surface area (Å²) in [6.45, 7) is 0.382. The molecule has 158 valence electrons. The highest BCUT2D eigenvalue weighted by Crippen LogP contribution is 2.46. The summed E-state index contributed by atoms with van der Waals surface area (Å²) in [6, 6.07) is 22.3. The first-order valence-corrected chi connectivity index (χ1v) is 11.0. The van der Waals surface area contributed by atoms with E-state index in [0.29, 0.717) is 23.6 Å². The van der Waals surface area contributed by atoms with Crippen molar-refractivity contribution in [2.24, 2.45) is 0 Å². The first-order chi connectivity index (χ1) is 15.6. The molecule has 5 nitrogen and oxygen atoms in total. The smallest absolute Gasteiger partial charge is 0.255 e. The fourth-order valence-electron chi connectivity index (χ4n) is 5.05. The highest BCUT2D eigenvalue weighted by atomic mass is 35.5. The molecule has 2 amide bonds. The van der Waals surface area contributed by atoms with Crippen LogP contribution >= 0.6 is 11.6 Å². The van der Waals surface area contributed by atoms with Crippen LogP contribution in [0, 0.1) is 0 Å². The number of halogens is 1. The van der Waals surface area contributed by atoms with Crippen LogP contribution in [0.2, 0.25) is 5.02 Å². The van der Waals surface area contributed by atoms with Crippen molar-refractivity contribution in [2.45, 2.75) is 25.0 Å². The number of amides is 2.